The fourth-order valence-corrected chi connectivity index (χ4v) is 2.70. The second-order valence-corrected chi connectivity index (χ2v) is 5.87. The van der Waals surface area contributed by atoms with Crippen molar-refractivity contribution in [3.05, 3.63) is 52.4 Å². The highest BCUT2D eigenvalue weighted by atomic mass is 79.9. The van der Waals surface area contributed by atoms with E-state index in [0.29, 0.717) is 0 Å². The van der Waals surface area contributed by atoms with Crippen LogP contribution in [-0.2, 0) is 0 Å². The Hall–Kier alpha value is -0.910. The Morgan fingerprint density at radius 2 is 2.11 bits per heavy atom. The third kappa shape index (κ3) is 3.31. The minimum absolute atomic E-state index is 0.210. The molecule has 0 bridgehead atoms. The van der Waals surface area contributed by atoms with Gasteiger partial charge in [0.05, 0.1) is 0 Å². The van der Waals surface area contributed by atoms with Crippen LogP contribution in [0.4, 0.5) is 4.39 Å². The molecule has 0 saturated heterocycles. The molecule has 0 unspecified atom stereocenters. The maximum absolute atomic E-state index is 13.2. The van der Waals surface area contributed by atoms with Crippen molar-refractivity contribution in [1.29, 1.82) is 0 Å². The number of hydrogen-bond acceptors (Lipinski definition) is 3. The minimum atomic E-state index is -0.268. The quantitative estimate of drug-likeness (QED) is 0.920. The number of benzene rings is 1. The predicted molar refractivity (Wildman–Crippen MR) is 75.1 cm³/mol. The lowest BCUT2D eigenvalue weighted by molar-refractivity contribution is 0.619. The van der Waals surface area contributed by atoms with Gasteiger partial charge in [0.15, 0.2) is 0 Å². The summed E-state index contributed by atoms with van der Waals surface area (Å²) in [5.41, 5.74) is 6.65. The number of pyridine rings is 1. The molecular weight excluding hydrogens is 315 g/mol. The topological polar surface area (TPSA) is 38.9 Å². The van der Waals surface area contributed by atoms with Gasteiger partial charge in [-0.3, -0.25) is 0 Å². The molecule has 2 rings (SSSR count). The van der Waals surface area contributed by atoms with Crippen LogP contribution >= 0.6 is 27.7 Å². The van der Waals surface area contributed by atoms with Gasteiger partial charge in [0.25, 0.3) is 0 Å². The number of hydrogen-bond donors (Lipinski definition) is 1. The summed E-state index contributed by atoms with van der Waals surface area (Å²) in [4.78, 5) is 5.21. The Balaban J connectivity index is 2.31. The first-order valence-corrected chi connectivity index (χ1v) is 7.01. The molecular formula is C13H12BrFN2S. The molecule has 0 aliphatic heterocycles. The third-order valence-electron chi connectivity index (χ3n) is 2.38. The van der Waals surface area contributed by atoms with Crippen LogP contribution in [0, 0.1) is 5.82 Å². The fourth-order valence-electron chi connectivity index (χ4n) is 1.50. The van der Waals surface area contributed by atoms with Gasteiger partial charge in [-0.1, -0.05) is 11.8 Å². The molecule has 0 spiro atoms. The maximum atomic E-state index is 13.2. The maximum Gasteiger partial charge on any atom is 0.123 e. The van der Waals surface area contributed by atoms with Crippen LogP contribution in [0.2, 0.25) is 0 Å². The first-order valence-electron chi connectivity index (χ1n) is 5.40. The number of rotatable bonds is 3. The summed E-state index contributed by atoms with van der Waals surface area (Å²) in [7, 11) is 0. The molecule has 0 fully saturated rings. The van der Waals surface area contributed by atoms with Crippen molar-refractivity contribution < 1.29 is 4.39 Å². The normalized spacial score (nSPS) is 12.4. The fraction of sp³-hybridized carbons (Fsp3) is 0.154. The molecule has 2 nitrogen and oxygen atoms in total. The number of nitrogens with two attached hydrogens (primary N) is 1. The van der Waals surface area contributed by atoms with Gasteiger partial charge in [-0.25, -0.2) is 9.37 Å². The van der Waals surface area contributed by atoms with Gasteiger partial charge in [-0.2, -0.15) is 0 Å². The average Bonchev–Trinajstić information content (AvgIpc) is 2.34. The van der Waals surface area contributed by atoms with Gasteiger partial charge >= 0.3 is 0 Å². The molecule has 2 N–H and O–H groups in total. The monoisotopic (exact) mass is 326 g/mol. The zero-order valence-electron chi connectivity index (χ0n) is 9.73. The Kier molecular flexibility index (Phi) is 4.37. The molecule has 1 heterocycles. The third-order valence-corrected chi connectivity index (χ3v) is 3.89. The second kappa shape index (κ2) is 5.82. The summed E-state index contributed by atoms with van der Waals surface area (Å²) in [5, 5.41) is 0.853. The summed E-state index contributed by atoms with van der Waals surface area (Å²) < 4.78 is 14.1. The van der Waals surface area contributed by atoms with Crippen molar-refractivity contribution >= 4 is 27.7 Å². The minimum Gasteiger partial charge on any atom is -0.324 e. The van der Waals surface area contributed by atoms with Crippen molar-refractivity contribution in [2.45, 2.75) is 22.9 Å². The summed E-state index contributed by atoms with van der Waals surface area (Å²) in [5.74, 6) is -0.268. The smallest absolute Gasteiger partial charge is 0.123 e. The summed E-state index contributed by atoms with van der Waals surface area (Å²) in [6.45, 7) is 1.84. The molecule has 2 aromatic rings. The highest BCUT2D eigenvalue weighted by molar-refractivity contribution is 9.10. The van der Waals surface area contributed by atoms with Gasteiger partial charge in [0, 0.05) is 21.6 Å². The lowest BCUT2D eigenvalue weighted by Crippen LogP contribution is -2.06. The Labute approximate surface area is 118 Å². The molecule has 1 atom stereocenters. The number of aromatic nitrogens is 1. The molecule has 0 radical (unpaired) electrons. The van der Waals surface area contributed by atoms with Crippen molar-refractivity contribution in [3.8, 4) is 0 Å². The highest BCUT2D eigenvalue weighted by Gasteiger charge is 2.10. The van der Waals surface area contributed by atoms with Crippen LogP contribution in [0.15, 0.2) is 50.9 Å². The zero-order valence-corrected chi connectivity index (χ0v) is 12.1. The summed E-state index contributed by atoms with van der Waals surface area (Å²) in [6.07, 6.45) is 1.73. The van der Waals surface area contributed by atoms with Crippen molar-refractivity contribution in [1.82, 2.24) is 4.98 Å². The van der Waals surface area contributed by atoms with E-state index < -0.39 is 0 Å². The lowest BCUT2D eigenvalue weighted by Gasteiger charge is -2.12. The Morgan fingerprint density at radius 3 is 2.72 bits per heavy atom. The second-order valence-electron chi connectivity index (χ2n) is 3.89. The van der Waals surface area contributed by atoms with E-state index >= 15 is 0 Å². The van der Waals surface area contributed by atoms with E-state index in [0.717, 1.165) is 20.0 Å². The van der Waals surface area contributed by atoms with Gasteiger partial charge < -0.3 is 5.73 Å². The predicted octanol–water partition coefficient (Wildman–Crippen LogP) is 4.15. The van der Waals surface area contributed by atoms with Crippen LogP contribution in [0.5, 0.6) is 0 Å². The van der Waals surface area contributed by atoms with Gasteiger partial charge in [-0.05, 0) is 58.7 Å². The molecule has 1 aromatic heterocycles. The van der Waals surface area contributed by atoms with Crippen LogP contribution < -0.4 is 5.73 Å². The van der Waals surface area contributed by atoms with Gasteiger partial charge in [-0.15, -0.1) is 0 Å². The van der Waals surface area contributed by atoms with Gasteiger partial charge in [0.1, 0.15) is 10.8 Å². The number of halogens is 2. The molecule has 0 amide bonds. The average molecular weight is 327 g/mol. The molecule has 0 aliphatic carbocycles. The van der Waals surface area contributed by atoms with E-state index in [9.17, 15) is 4.39 Å². The van der Waals surface area contributed by atoms with Crippen LogP contribution in [0.25, 0.3) is 0 Å². The molecule has 5 heteroatoms. The summed E-state index contributed by atoms with van der Waals surface area (Å²) in [6, 6.07) is 8.27. The van der Waals surface area contributed by atoms with Crippen LogP contribution in [0.3, 0.4) is 0 Å². The van der Waals surface area contributed by atoms with E-state index in [1.165, 1.54) is 23.9 Å². The van der Waals surface area contributed by atoms with E-state index in [-0.39, 0.29) is 11.9 Å². The van der Waals surface area contributed by atoms with E-state index in [2.05, 4.69) is 20.9 Å². The van der Waals surface area contributed by atoms with Crippen molar-refractivity contribution in [2.75, 3.05) is 0 Å². The first-order chi connectivity index (χ1) is 8.56. The van der Waals surface area contributed by atoms with E-state index in [1.807, 2.05) is 19.1 Å². The van der Waals surface area contributed by atoms with Gasteiger partial charge in [0.2, 0.25) is 0 Å². The molecule has 0 aliphatic rings. The van der Waals surface area contributed by atoms with Crippen LogP contribution in [0.1, 0.15) is 18.5 Å². The van der Waals surface area contributed by atoms with Crippen molar-refractivity contribution in [3.63, 3.8) is 0 Å². The van der Waals surface area contributed by atoms with E-state index in [4.69, 9.17) is 5.73 Å². The standard InChI is InChI=1S/C13H12BrFN2S/c1-8(16)11-6-10(15)3-4-12(11)18-13-5-2-9(14)7-17-13/h2-8H,16H2,1H3/t8-/m1/s1. The SMILES string of the molecule is C[C@@H](N)c1cc(F)ccc1Sc1ccc(Br)cn1. The number of nitrogens with zero attached hydrogens (tertiary/aromatic N) is 1. The van der Waals surface area contributed by atoms with E-state index in [1.54, 1.807) is 12.3 Å². The molecule has 18 heavy (non-hydrogen) atoms. The Morgan fingerprint density at radius 1 is 1.33 bits per heavy atom. The van der Waals surface area contributed by atoms with Crippen LogP contribution in [-0.4, -0.2) is 4.98 Å². The largest absolute Gasteiger partial charge is 0.324 e. The van der Waals surface area contributed by atoms with Crippen molar-refractivity contribution in [2.24, 2.45) is 5.73 Å². The highest BCUT2D eigenvalue weighted by Crippen LogP contribution is 2.32. The zero-order chi connectivity index (χ0) is 13.1. The first kappa shape index (κ1) is 13.5. The molecule has 0 saturated carbocycles. The Bertz CT molecular complexity index is 543. The molecule has 1 aromatic carbocycles. The lowest BCUT2D eigenvalue weighted by atomic mass is 10.1. The molecule has 94 valence electrons. The summed E-state index contributed by atoms with van der Waals surface area (Å²) >= 11 is 4.82.